The topological polar surface area (TPSA) is 90.9 Å². The number of carbonyl (C=O) groups is 1. The smallest absolute Gasteiger partial charge is 0.337 e. The van der Waals surface area contributed by atoms with E-state index in [4.69, 9.17) is 0 Å². The molecule has 0 fully saturated rings. The van der Waals surface area contributed by atoms with Crippen molar-refractivity contribution >= 4 is 23.0 Å². The fourth-order valence-electron chi connectivity index (χ4n) is 2.83. The van der Waals surface area contributed by atoms with Crippen molar-refractivity contribution in [2.45, 2.75) is 6.54 Å². The maximum absolute atomic E-state index is 11.3. The summed E-state index contributed by atoms with van der Waals surface area (Å²) >= 11 is 0. The molecule has 128 valence electrons. The molecule has 4 rings (SSSR count). The highest BCUT2D eigenvalue weighted by Crippen LogP contribution is 2.21. The van der Waals surface area contributed by atoms with E-state index in [1.54, 1.807) is 24.5 Å². The van der Waals surface area contributed by atoms with Gasteiger partial charge in [-0.3, -0.25) is 4.98 Å². The summed E-state index contributed by atoms with van der Waals surface area (Å²) in [5.74, 6) is -0.438. The molecule has 0 aliphatic rings. The second-order valence-electron chi connectivity index (χ2n) is 5.88. The Morgan fingerprint density at radius 1 is 1.00 bits per heavy atom. The average Bonchev–Trinajstić information content (AvgIpc) is 3.10. The molecular formula is C20H16N4O2. The van der Waals surface area contributed by atoms with Crippen molar-refractivity contribution in [3.63, 3.8) is 0 Å². The van der Waals surface area contributed by atoms with Crippen LogP contribution in [-0.4, -0.2) is 26.0 Å². The van der Waals surface area contributed by atoms with Crippen LogP contribution in [0.25, 0.3) is 22.2 Å². The molecule has 0 saturated heterocycles. The number of H-pyrrole nitrogens is 1. The number of aromatic carboxylic acids is 1. The van der Waals surface area contributed by atoms with Gasteiger partial charge in [0, 0.05) is 18.9 Å². The van der Waals surface area contributed by atoms with Crippen molar-refractivity contribution < 1.29 is 9.90 Å². The predicted octanol–water partition coefficient (Wildman–Crippen LogP) is 3.94. The second kappa shape index (κ2) is 6.68. The lowest BCUT2D eigenvalue weighted by Crippen LogP contribution is -2.01. The summed E-state index contributed by atoms with van der Waals surface area (Å²) in [6, 6.07) is 17.2. The number of pyridine rings is 1. The monoisotopic (exact) mass is 344 g/mol. The van der Waals surface area contributed by atoms with Crippen LogP contribution in [0.5, 0.6) is 0 Å². The minimum Gasteiger partial charge on any atom is -0.478 e. The lowest BCUT2D eigenvalue weighted by Gasteiger charge is -2.05. The molecule has 0 aliphatic heterocycles. The summed E-state index contributed by atoms with van der Waals surface area (Å²) in [6.07, 6.45) is 3.55. The van der Waals surface area contributed by atoms with Crippen molar-refractivity contribution in [2.75, 3.05) is 5.32 Å². The van der Waals surface area contributed by atoms with Gasteiger partial charge in [-0.05, 0) is 41.0 Å². The highest BCUT2D eigenvalue weighted by Gasteiger charge is 2.12. The standard InChI is InChI=1S/C20H16N4O2/c25-19(26)16-2-1-3-17-18(16)24-20(23-17)22-12-13-4-6-14(7-5-13)15-8-10-21-11-9-15/h1-11H,12H2,(H,25,26)(H2,22,23,24). The van der Waals surface area contributed by atoms with Gasteiger partial charge in [0.25, 0.3) is 0 Å². The van der Waals surface area contributed by atoms with E-state index < -0.39 is 5.97 Å². The normalized spacial score (nSPS) is 10.8. The van der Waals surface area contributed by atoms with Gasteiger partial charge in [-0.2, -0.15) is 0 Å². The number of anilines is 1. The number of aromatic amines is 1. The molecule has 0 unspecified atom stereocenters. The summed E-state index contributed by atoms with van der Waals surface area (Å²) in [4.78, 5) is 22.8. The number of hydrogen-bond acceptors (Lipinski definition) is 4. The van der Waals surface area contributed by atoms with Gasteiger partial charge in [0.15, 0.2) is 0 Å². The zero-order valence-corrected chi connectivity index (χ0v) is 13.8. The zero-order valence-electron chi connectivity index (χ0n) is 13.8. The van der Waals surface area contributed by atoms with Crippen LogP contribution in [0.1, 0.15) is 15.9 Å². The molecule has 6 heteroatoms. The molecule has 0 saturated carbocycles. The van der Waals surface area contributed by atoms with Crippen LogP contribution in [0.2, 0.25) is 0 Å². The van der Waals surface area contributed by atoms with Crippen LogP contribution < -0.4 is 5.32 Å². The number of rotatable bonds is 5. The Labute approximate surface area is 149 Å². The first-order valence-electron chi connectivity index (χ1n) is 8.16. The molecule has 6 nitrogen and oxygen atoms in total. The lowest BCUT2D eigenvalue weighted by atomic mass is 10.1. The van der Waals surface area contributed by atoms with Gasteiger partial charge in [-0.25, -0.2) is 9.78 Å². The SMILES string of the molecule is O=C(O)c1cccc2[nH]c(NCc3ccc(-c4ccncc4)cc3)nc12. The van der Waals surface area contributed by atoms with E-state index in [-0.39, 0.29) is 5.56 Å². The number of aromatic nitrogens is 3. The molecule has 0 amide bonds. The Bertz CT molecular complexity index is 1060. The van der Waals surface area contributed by atoms with Crippen LogP contribution in [0.4, 0.5) is 5.95 Å². The maximum Gasteiger partial charge on any atom is 0.337 e. The second-order valence-corrected chi connectivity index (χ2v) is 5.88. The molecule has 26 heavy (non-hydrogen) atoms. The molecule has 0 atom stereocenters. The maximum atomic E-state index is 11.3. The van der Waals surface area contributed by atoms with Crippen LogP contribution in [0.15, 0.2) is 67.0 Å². The fourth-order valence-corrected chi connectivity index (χ4v) is 2.83. The lowest BCUT2D eigenvalue weighted by molar-refractivity contribution is 0.0699. The van der Waals surface area contributed by atoms with E-state index in [1.807, 2.05) is 30.3 Å². The van der Waals surface area contributed by atoms with Gasteiger partial charge in [-0.15, -0.1) is 0 Å². The van der Waals surface area contributed by atoms with E-state index in [1.165, 1.54) is 0 Å². The fraction of sp³-hybridized carbons (Fsp3) is 0.0500. The third-order valence-electron chi connectivity index (χ3n) is 4.17. The summed E-state index contributed by atoms with van der Waals surface area (Å²) in [7, 11) is 0. The molecule has 2 aromatic carbocycles. The molecule has 2 aromatic heterocycles. The van der Waals surface area contributed by atoms with E-state index in [0.29, 0.717) is 23.5 Å². The highest BCUT2D eigenvalue weighted by atomic mass is 16.4. The van der Waals surface area contributed by atoms with Crippen molar-refractivity contribution in [1.82, 2.24) is 15.0 Å². The third-order valence-corrected chi connectivity index (χ3v) is 4.17. The summed E-state index contributed by atoms with van der Waals surface area (Å²) in [5, 5.41) is 12.4. The van der Waals surface area contributed by atoms with E-state index in [2.05, 4.69) is 32.4 Å². The number of para-hydroxylation sites is 1. The Morgan fingerprint density at radius 3 is 2.46 bits per heavy atom. The summed E-state index contributed by atoms with van der Waals surface area (Å²) in [6.45, 7) is 0.582. The summed E-state index contributed by atoms with van der Waals surface area (Å²) in [5.41, 5.74) is 4.69. The molecule has 0 radical (unpaired) electrons. The average molecular weight is 344 g/mol. The minimum absolute atomic E-state index is 0.188. The molecule has 4 aromatic rings. The van der Waals surface area contributed by atoms with E-state index >= 15 is 0 Å². The predicted molar refractivity (Wildman–Crippen MR) is 100 cm³/mol. The first-order valence-corrected chi connectivity index (χ1v) is 8.16. The van der Waals surface area contributed by atoms with Gasteiger partial charge in [-0.1, -0.05) is 30.3 Å². The quantitative estimate of drug-likeness (QED) is 0.510. The number of imidazole rings is 1. The molecule has 0 aliphatic carbocycles. The van der Waals surface area contributed by atoms with E-state index in [0.717, 1.165) is 16.7 Å². The van der Waals surface area contributed by atoms with Gasteiger partial charge >= 0.3 is 5.97 Å². The van der Waals surface area contributed by atoms with Gasteiger partial charge in [0.05, 0.1) is 11.1 Å². The summed E-state index contributed by atoms with van der Waals surface area (Å²) < 4.78 is 0. The highest BCUT2D eigenvalue weighted by molar-refractivity contribution is 6.01. The number of carboxylic acid groups (broad SMARTS) is 1. The number of nitrogens with zero attached hydrogens (tertiary/aromatic N) is 2. The largest absolute Gasteiger partial charge is 0.478 e. The van der Waals surface area contributed by atoms with Crippen LogP contribution in [0.3, 0.4) is 0 Å². The molecule has 2 heterocycles. The Morgan fingerprint density at radius 2 is 1.73 bits per heavy atom. The van der Waals surface area contributed by atoms with Crippen LogP contribution in [-0.2, 0) is 6.54 Å². The molecule has 0 bridgehead atoms. The first-order chi connectivity index (χ1) is 12.7. The zero-order chi connectivity index (χ0) is 17.9. The van der Waals surface area contributed by atoms with Gasteiger partial charge in [0.1, 0.15) is 5.52 Å². The molecular weight excluding hydrogens is 328 g/mol. The molecule has 3 N–H and O–H groups in total. The van der Waals surface area contributed by atoms with Crippen molar-refractivity contribution in [1.29, 1.82) is 0 Å². The Kier molecular flexibility index (Phi) is 4.07. The minimum atomic E-state index is -0.986. The number of benzene rings is 2. The number of nitrogens with one attached hydrogen (secondary N) is 2. The Hall–Kier alpha value is -3.67. The first kappa shape index (κ1) is 15.8. The third kappa shape index (κ3) is 3.12. The van der Waals surface area contributed by atoms with Crippen LogP contribution in [0, 0.1) is 0 Å². The van der Waals surface area contributed by atoms with Crippen molar-refractivity contribution in [3.05, 3.63) is 78.1 Å². The van der Waals surface area contributed by atoms with Gasteiger partial charge < -0.3 is 15.4 Å². The van der Waals surface area contributed by atoms with Crippen molar-refractivity contribution in [2.24, 2.45) is 0 Å². The Balaban J connectivity index is 1.50. The molecule has 0 spiro atoms. The van der Waals surface area contributed by atoms with E-state index in [9.17, 15) is 9.90 Å². The van der Waals surface area contributed by atoms with Crippen LogP contribution >= 0.6 is 0 Å². The number of hydrogen-bond donors (Lipinski definition) is 3. The van der Waals surface area contributed by atoms with Crippen molar-refractivity contribution in [3.8, 4) is 11.1 Å². The van der Waals surface area contributed by atoms with Gasteiger partial charge in [0.2, 0.25) is 5.95 Å². The number of fused-ring (bicyclic) bond motifs is 1. The number of carboxylic acids is 1.